The van der Waals surface area contributed by atoms with Crippen LogP contribution in [0.3, 0.4) is 0 Å². The molecule has 2 aromatic rings. The van der Waals surface area contributed by atoms with E-state index in [1.54, 1.807) is 11.3 Å². The summed E-state index contributed by atoms with van der Waals surface area (Å²) >= 11 is 1.62. The van der Waals surface area contributed by atoms with Crippen molar-refractivity contribution in [2.75, 3.05) is 11.9 Å². The zero-order valence-corrected chi connectivity index (χ0v) is 14.2. The molecule has 0 aliphatic rings. The third kappa shape index (κ3) is 3.36. The minimum absolute atomic E-state index is 0.00777. The Hall–Kier alpha value is -1.72. The number of carbonyl (C=O) groups is 1. The monoisotopic (exact) mass is 317 g/mol. The molecule has 2 rings (SSSR count). The first-order valence-corrected chi connectivity index (χ1v) is 8.46. The average molecular weight is 317 g/mol. The molecule has 0 saturated heterocycles. The van der Waals surface area contributed by atoms with Crippen molar-refractivity contribution in [2.45, 2.75) is 33.6 Å². The molecule has 0 saturated carbocycles. The van der Waals surface area contributed by atoms with Gasteiger partial charge in [-0.05, 0) is 31.9 Å². The number of aryl methyl sites for hydroxylation is 1. The van der Waals surface area contributed by atoms with E-state index in [2.05, 4.69) is 10.3 Å². The minimum Gasteiger partial charge on any atom is -0.329 e. The maximum Gasteiger partial charge on any atom is 0.231 e. The third-order valence-electron chi connectivity index (χ3n) is 4.26. The Kier molecular flexibility index (Phi) is 5.32. The van der Waals surface area contributed by atoms with Crippen LogP contribution in [0, 0.1) is 12.3 Å². The van der Waals surface area contributed by atoms with Crippen LogP contribution < -0.4 is 11.1 Å². The van der Waals surface area contributed by atoms with Crippen LogP contribution in [0.1, 0.15) is 31.7 Å². The van der Waals surface area contributed by atoms with Gasteiger partial charge in [0, 0.05) is 23.2 Å². The van der Waals surface area contributed by atoms with E-state index in [-0.39, 0.29) is 5.91 Å². The van der Waals surface area contributed by atoms with E-state index >= 15 is 0 Å². The van der Waals surface area contributed by atoms with Crippen LogP contribution in [0.15, 0.2) is 29.6 Å². The Morgan fingerprint density at radius 1 is 1.36 bits per heavy atom. The highest BCUT2D eigenvalue weighted by atomic mass is 32.1. The Labute approximate surface area is 135 Å². The number of rotatable bonds is 6. The molecule has 5 heteroatoms. The normalized spacial score (nSPS) is 11.5. The van der Waals surface area contributed by atoms with Crippen LogP contribution >= 0.6 is 11.3 Å². The fraction of sp³-hybridized carbons (Fsp3) is 0.412. The van der Waals surface area contributed by atoms with Gasteiger partial charge in [-0.25, -0.2) is 4.98 Å². The lowest BCUT2D eigenvalue weighted by Crippen LogP contribution is -2.41. The Bertz CT molecular complexity index is 639. The number of amides is 1. The average Bonchev–Trinajstić information content (AvgIpc) is 2.96. The summed E-state index contributed by atoms with van der Waals surface area (Å²) in [6.45, 7) is 6.35. The van der Waals surface area contributed by atoms with Crippen LogP contribution in [0.25, 0.3) is 11.3 Å². The molecule has 0 bridgehead atoms. The zero-order chi connectivity index (χ0) is 16.2. The third-order valence-corrected chi connectivity index (χ3v) is 5.03. The van der Waals surface area contributed by atoms with Gasteiger partial charge in [0.2, 0.25) is 5.91 Å². The maximum atomic E-state index is 12.6. The number of hydrogen-bond donors (Lipinski definition) is 2. The van der Waals surface area contributed by atoms with Gasteiger partial charge >= 0.3 is 0 Å². The Morgan fingerprint density at radius 2 is 2.09 bits per heavy atom. The molecule has 1 aromatic carbocycles. The molecule has 118 valence electrons. The molecule has 1 amide bonds. The maximum absolute atomic E-state index is 12.6. The predicted molar refractivity (Wildman–Crippen MR) is 93.0 cm³/mol. The van der Waals surface area contributed by atoms with Gasteiger partial charge in [0.1, 0.15) is 0 Å². The van der Waals surface area contributed by atoms with E-state index in [4.69, 9.17) is 5.73 Å². The highest BCUT2D eigenvalue weighted by Gasteiger charge is 2.33. The van der Waals surface area contributed by atoms with Gasteiger partial charge in [-0.2, -0.15) is 0 Å². The molecule has 0 radical (unpaired) electrons. The van der Waals surface area contributed by atoms with Gasteiger partial charge in [0.15, 0.2) is 0 Å². The first kappa shape index (κ1) is 16.6. The summed E-state index contributed by atoms with van der Waals surface area (Å²) in [7, 11) is 0. The van der Waals surface area contributed by atoms with Crippen LogP contribution in [-0.2, 0) is 4.79 Å². The van der Waals surface area contributed by atoms with Crippen molar-refractivity contribution in [3.63, 3.8) is 0 Å². The van der Waals surface area contributed by atoms with E-state index in [0.29, 0.717) is 6.54 Å². The summed E-state index contributed by atoms with van der Waals surface area (Å²) in [6.07, 6.45) is 1.47. The standard InChI is InChI=1S/C17H23N3OS/c1-4-17(5-2,11-18)16(21)20-14-8-6-7-13(9-14)15-10-22-12(3)19-15/h6-10H,4-5,11,18H2,1-3H3,(H,20,21). The molecular weight excluding hydrogens is 294 g/mol. The molecule has 0 unspecified atom stereocenters. The van der Waals surface area contributed by atoms with E-state index < -0.39 is 5.41 Å². The zero-order valence-electron chi connectivity index (χ0n) is 13.3. The molecule has 0 aliphatic carbocycles. The molecular formula is C17H23N3OS. The predicted octanol–water partition coefficient (Wildman–Crippen LogP) is 3.82. The number of anilines is 1. The van der Waals surface area contributed by atoms with Crippen LogP contribution in [0.4, 0.5) is 5.69 Å². The largest absolute Gasteiger partial charge is 0.329 e. The second-order valence-corrected chi connectivity index (χ2v) is 6.54. The summed E-state index contributed by atoms with van der Waals surface area (Å²) < 4.78 is 0. The van der Waals surface area contributed by atoms with Crippen molar-refractivity contribution in [2.24, 2.45) is 11.1 Å². The molecule has 0 aliphatic heterocycles. The van der Waals surface area contributed by atoms with Gasteiger partial charge < -0.3 is 11.1 Å². The summed E-state index contributed by atoms with van der Waals surface area (Å²) in [5, 5.41) is 6.07. The van der Waals surface area contributed by atoms with E-state index in [0.717, 1.165) is 34.8 Å². The quantitative estimate of drug-likeness (QED) is 0.851. The van der Waals surface area contributed by atoms with Gasteiger partial charge in [-0.1, -0.05) is 26.0 Å². The van der Waals surface area contributed by atoms with Gasteiger partial charge in [0.25, 0.3) is 0 Å². The first-order valence-electron chi connectivity index (χ1n) is 7.58. The van der Waals surface area contributed by atoms with Gasteiger partial charge in [-0.3, -0.25) is 4.79 Å². The van der Waals surface area contributed by atoms with Crippen LogP contribution in [-0.4, -0.2) is 17.4 Å². The number of nitrogens with two attached hydrogens (primary N) is 1. The number of aromatic nitrogens is 1. The number of hydrogen-bond acceptors (Lipinski definition) is 4. The van der Waals surface area contributed by atoms with Crippen molar-refractivity contribution in [1.29, 1.82) is 0 Å². The van der Waals surface area contributed by atoms with E-state index in [1.165, 1.54) is 0 Å². The number of carbonyl (C=O) groups excluding carboxylic acids is 1. The minimum atomic E-state index is -0.493. The second-order valence-electron chi connectivity index (χ2n) is 5.48. The van der Waals surface area contributed by atoms with Crippen molar-refractivity contribution >= 4 is 22.9 Å². The van der Waals surface area contributed by atoms with Crippen molar-refractivity contribution in [3.05, 3.63) is 34.7 Å². The lowest BCUT2D eigenvalue weighted by molar-refractivity contribution is -0.125. The first-order chi connectivity index (χ1) is 10.5. The number of thiazole rings is 1. The molecule has 22 heavy (non-hydrogen) atoms. The summed E-state index contributed by atoms with van der Waals surface area (Å²) in [5.74, 6) is -0.00777. The summed E-state index contributed by atoms with van der Waals surface area (Å²) in [4.78, 5) is 17.1. The number of benzene rings is 1. The van der Waals surface area contributed by atoms with E-state index in [9.17, 15) is 4.79 Å². The van der Waals surface area contributed by atoms with Gasteiger partial charge in [-0.15, -0.1) is 11.3 Å². The molecule has 1 aromatic heterocycles. The second kappa shape index (κ2) is 7.03. The number of nitrogens with zero attached hydrogens (tertiary/aromatic N) is 1. The van der Waals surface area contributed by atoms with Crippen molar-refractivity contribution < 1.29 is 4.79 Å². The highest BCUT2D eigenvalue weighted by Crippen LogP contribution is 2.28. The van der Waals surface area contributed by atoms with Gasteiger partial charge in [0.05, 0.1) is 16.1 Å². The van der Waals surface area contributed by atoms with Crippen molar-refractivity contribution in [3.8, 4) is 11.3 Å². The topological polar surface area (TPSA) is 68.0 Å². The molecule has 4 nitrogen and oxygen atoms in total. The lowest BCUT2D eigenvalue weighted by Gasteiger charge is -2.28. The SMILES string of the molecule is CCC(CC)(CN)C(=O)Nc1cccc(-c2csc(C)n2)c1. The lowest BCUT2D eigenvalue weighted by atomic mass is 9.81. The number of nitrogens with one attached hydrogen (secondary N) is 1. The van der Waals surface area contributed by atoms with Crippen LogP contribution in [0.2, 0.25) is 0 Å². The van der Waals surface area contributed by atoms with Crippen LogP contribution in [0.5, 0.6) is 0 Å². The highest BCUT2D eigenvalue weighted by molar-refractivity contribution is 7.09. The molecule has 0 fully saturated rings. The summed E-state index contributed by atoms with van der Waals surface area (Å²) in [5.41, 5.74) is 8.08. The Morgan fingerprint density at radius 3 is 2.64 bits per heavy atom. The molecule has 0 atom stereocenters. The molecule has 1 heterocycles. The smallest absolute Gasteiger partial charge is 0.231 e. The fourth-order valence-electron chi connectivity index (χ4n) is 2.47. The Balaban J connectivity index is 2.22. The summed E-state index contributed by atoms with van der Waals surface area (Å²) in [6, 6.07) is 7.79. The van der Waals surface area contributed by atoms with Crippen molar-refractivity contribution in [1.82, 2.24) is 4.98 Å². The molecule has 3 N–H and O–H groups in total. The fourth-order valence-corrected chi connectivity index (χ4v) is 3.09. The molecule has 0 spiro atoms. The van der Waals surface area contributed by atoms with E-state index in [1.807, 2.05) is 50.4 Å².